The fraction of sp³-hybridized carbons (Fsp3) is 0.647. The fourth-order valence-electron chi connectivity index (χ4n) is 2.97. The monoisotopic (exact) mass is 260 g/mol. The third kappa shape index (κ3) is 2.94. The molecule has 0 amide bonds. The van der Waals surface area contributed by atoms with Crippen LogP contribution in [-0.2, 0) is 6.42 Å². The zero-order valence-electron chi connectivity index (χ0n) is 13.0. The molecule has 0 aromatic heterocycles. The molecule has 2 unspecified atom stereocenters. The summed E-state index contributed by atoms with van der Waals surface area (Å²) in [5, 5.41) is 3.41. The molecule has 1 aromatic rings. The maximum atomic E-state index is 3.41. The van der Waals surface area contributed by atoms with Crippen LogP contribution >= 0.6 is 0 Å². The number of rotatable bonds is 4. The molecule has 0 aliphatic carbocycles. The van der Waals surface area contributed by atoms with Crippen molar-refractivity contribution in [2.45, 2.75) is 52.6 Å². The second-order valence-electron chi connectivity index (χ2n) is 6.64. The number of aryl methyl sites for hydroxylation is 1. The number of benzene rings is 1. The van der Waals surface area contributed by atoms with Crippen LogP contribution in [-0.4, -0.2) is 25.7 Å². The Balaban J connectivity index is 2.24. The van der Waals surface area contributed by atoms with E-state index in [2.05, 4.69) is 69.2 Å². The minimum atomic E-state index is 0.257. The Kier molecular flexibility index (Phi) is 4.19. The van der Waals surface area contributed by atoms with Crippen LogP contribution in [0.2, 0.25) is 0 Å². The molecule has 1 aliphatic heterocycles. The number of fused-ring (bicyclic) bond motifs is 1. The molecule has 2 atom stereocenters. The summed E-state index contributed by atoms with van der Waals surface area (Å²) in [6, 6.07) is 10.0. The second-order valence-corrected chi connectivity index (χ2v) is 6.64. The van der Waals surface area contributed by atoms with Gasteiger partial charge < -0.3 is 10.2 Å². The second kappa shape index (κ2) is 5.54. The van der Waals surface area contributed by atoms with Gasteiger partial charge in [0.15, 0.2) is 0 Å². The minimum Gasteiger partial charge on any atom is -0.368 e. The van der Waals surface area contributed by atoms with Gasteiger partial charge >= 0.3 is 0 Å². The molecule has 1 N–H and O–H groups in total. The number of anilines is 1. The Hall–Kier alpha value is -1.02. The van der Waals surface area contributed by atoms with Gasteiger partial charge in [0.2, 0.25) is 0 Å². The molecule has 2 heteroatoms. The first kappa shape index (κ1) is 14.4. The Morgan fingerprint density at radius 2 is 2.05 bits per heavy atom. The quantitative estimate of drug-likeness (QED) is 0.892. The van der Waals surface area contributed by atoms with Crippen LogP contribution in [0.3, 0.4) is 0 Å². The summed E-state index contributed by atoms with van der Waals surface area (Å²) in [5.41, 5.74) is 3.21. The Labute approximate surface area is 118 Å². The molecule has 1 heterocycles. The van der Waals surface area contributed by atoms with E-state index in [9.17, 15) is 0 Å². The number of nitrogens with zero attached hydrogens (tertiary/aromatic N) is 1. The van der Waals surface area contributed by atoms with E-state index < -0.39 is 0 Å². The van der Waals surface area contributed by atoms with E-state index in [1.807, 2.05) is 0 Å². The molecule has 1 aliphatic rings. The first-order valence-corrected chi connectivity index (χ1v) is 7.47. The molecule has 0 bridgehead atoms. The van der Waals surface area contributed by atoms with Gasteiger partial charge in [0, 0.05) is 24.3 Å². The van der Waals surface area contributed by atoms with Crippen molar-refractivity contribution in [1.29, 1.82) is 0 Å². The summed E-state index contributed by atoms with van der Waals surface area (Å²) in [7, 11) is 2.06. The summed E-state index contributed by atoms with van der Waals surface area (Å²) in [6.45, 7) is 10.5. The summed E-state index contributed by atoms with van der Waals surface area (Å²) >= 11 is 0. The van der Waals surface area contributed by atoms with Crippen LogP contribution in [0.1, 0.15) is 39.7 Å². The van der Waals surface area contributed by atoms with E-state index in [4.69, 9.17) is 0 Å². The number of hydrogen-bond acceptors (Lipinski definition) is 2. The maximum Gasteiger partial charge on any atom is 0.0401 e. The SMILES string of the molecule is CNC(C)C(C)(C)CN1c2ccccc2CCC1C. The molecule has 19 heavy (non-hydrogen) atoms. The lowest BCUT2D eigenvalue weighted by Crippen LogP contribution is -2.49. The molecule has 0 saturated carbocycles. The highest BCUT2D eigenvalue weighted by molar-refractivity contribution is 5.56. The third-order valence-corrected chi connectivity index (χ3v) is 4.85. The van der Waals surface area contributed by atoms with Crippen molar-refractivity contribution in [1.82, 2.24) is 5.32 Å². The van der Waals surface area contributed by atoms with Crippen molar-refractivity contribution in [3.63, 3.8) is 0 Å². The zero-order valence-corrected chi connectivity index (χ0v) is 13.0. The lowest BCUT2D eigenvalue weighted by Gasteiger charge is -2.44. The molecular weight excluding hydrogens is 232 g/mol. The van der Waals surface area contributed by atoms with E-state index in [0.29, 0.717) is 12.1 Å². The van der Waals surface area contributed by atoms with E-state index >= 15 is 0 Å². The van der Waals surface area contributed by atoms with Crippen LogP contribution < -0.4 is 10.2 Å². The molecule has 2 rings (SSSR count). The summed E-state index contributed by atoms with van der Waals surface area (Å²) < 4.78 is 0. The van der Waals surface area contributed by atoms with Crippen molar-refractivity contribution < 1.29 is 0 Å². The standard InChI is InChI=1S/C17H28N2/c1-13-10-11-15-8-6-7-9-16(15)19(13)12-17(3,4)14(2)18-5/h6-9,13-14,18H,10-12H2,1-5H3. The van der Waals surface area contributed by atoms with Gasteiger partial charge in [-0.25, -0.2) is 0 Å². The van der Waals surface area contributed by atoms with E-state index in [-0.39, 0.29) is 5.41 Å². The van der Waals surface area contributed by atoms with Crippen LogP contribution in [0.5, 0.6) is 0 Å². The van der Waals surface area contributed by atoms with Crippen LogP contribution in [0, 0.1) is 5.41 Å². The minimum absolute atomic E-state index is 0.257. The van der Waals surface area contributed by atoms with Crippen molar-refractivity contribution in [3.8, 4) is 0 Å². The molecule has 106 valence electrons. The van der Waals surface area contributed by atoms with Crippen molar-refractivity contribution in [2.24, 2.45) is 5.41 Å². The van der Waals surface area contributed by atoms with Gasteiger partial charge in [-0.3, -0.25) is 0 Å². The van der Waals surface area contributed by atoms with Crippen molar-refractivity contribution >= 4 is 5.69 Å². The van der Waals surface area contributed by atoms with Gasteiger partial charge in [0.1, 0.15) is 0 Å². The highest BCUT2D eigenvalue weighted by Gasteiger charge is 2.31. The molecule has 1 aromatic carbocycles. The molecule has 0 radical (unpaired) electrons. The first-order chi connectivity index (χ1) is 8.95. The normalized spacial score (nSPS) is 21.1. The van der Waals surface area contributed by atoms with Crippen LogP contribution in [0.25, 0.3) is 0 Å². The van der Waals surface area contributed by atoms with Crippen LogP contribution in [0.4, 0.5) is 5.69 Å². The van der Waals surface area contributed by atoms with Gasteiger partial charge in [0.25, 0.3) is 0 Å². The Bertz CT molecular complexity index is 425. The highest BCUT2D eigenvalue weighted by Crippen LogP contribution is 2.34. The molecular formula is C17H28N2. The number of nitrogens with one attached hydrogen (secondary N) is 1. The number of hydrogen-bond donors (Lipinski definition) is 1. The first-order valence-electron chi connectivity index (χ1n) is 7.47. The van der Waals surface area contributed by atoms with E-state index in [0.717, 1.165) is 6.54 Å². The Morgan fingerprint density at radius 1 is 1.37 bits per heavy atom. The summed E-state index contributed by atoms with van der Waals surface area (Å²) in [4.78, 5) is 2.60. The molecule has 0 saturated heterocycles. The van der Waals surface area contributed by atoms with E-state index in [1.165, 1.54) is 24.1 Å². The molecule has 2 nitrogen and oxygen atoms in total. The smallest absolute Gasteiger partial charge is 0.0401 e. The van der Waals surface area contributed by atoms with Gasteiger partial charge in [-0.2, -0.15) is 0 Å². The average molecular weight is 260 g/mol. The predicted octanol–water partition coefficient (Wildman–Crippen LogP) is 3.46. The largest absolute Gasteiger partial charge is 0.368 e. The van der Waals surface area contributed by atoms with Gasteiger partial charge in [-0.05, 0) is 50.8 Å². The van der Waals surface area contributed by atoms with Gasteiger partial charge in [-0.15, -0.1) is 0 Å². The maximum absolute atomic E-state index is 3.41. The lowest BCUT2D eigenvalue weighted by molar-refractivity contribution is 0.263. The zero-order chi connectivity index (χ0) is 14.0. The topological polar surface area (TPSA) is 15.3 Å². The fourth-order valence-corrected chi connectivity index (χ4v) is 2.97. The Morgan fingerprint density at radius 3 is 2.74 bits per heavy atom. The summed E-state index contributed by atoms with van der Waals surface area (Å²) in [6.07, 6.45) is 2.48. The van der Waals surface area contributed by atoms with Crippen LogP contribution in [0.15, 0.2) is 24.3 Å². The number of para-hydroxylation sites is 1. The summed E-state index contributed by atoms with van der Waals surface area (Å²) in [5.74, 6) is 0. The van der Waals surface area contributed by atoms with Gasteiger partial charge in [0.05, 0.1) is 0 Å². The third-order valence-electron chi connectivity index (χ3n) is 4.85. The van der Waals surface area contributed by atoms with Crippen molar-refractivity contribution in [2.75, 3.05) is 18.5 Å². The van der Waals surface area contributed by atoms with Crippen molar-refractivity contribution in [3.05, 3.63) is 29.8 Å². The predicted molar refractivity (Wildman–Crippen MR) is 83.9 cm³/mol. The van der Waals surface area contributed by atoms with Gasteiger partial charge in [-0.1, -0.05) is 32.0 Å². The molecule has 0 fully saturated rings. The molecule has 0 spiro atoms. The highest BCUT2D eigenvalue weighted by atomic mass is 15.2. The lowest BCUT2D eigenvalue weighted by atomic mass is 9.83. The average Bonchev–Trinajstić information content (AvgIpc) is 2.41. The van der Waals surface area contributed by atoms with E-state index in [1.54, 1.807) is 0 Å².